The molecule has 1 aromatic heterocycles. The lowest BCUT2D eigenvalue weighted by molar-refractivity contribution is -0.121. The maximum atomic E-state index is 11.5. The fourth-order valence-electron chi connectivity index (χ4n) is 1.53. The Morgan fingerprint density at radius 1 is 1.65 bits per heavy atom. The zero-order valence-corrected chi connectivity index (χ0v) is 10.1. The Morgan fingerprint density at radius 2 is 2.53 bits per heavy atom. The highest BCUT2D eigenvalue weighted by Gasteiger charge is 2.21. The van der Waals surface area contributed by atoms with Crippen molar-refractivity contribution < 1.29 is 9.59 Å². The van der Waals surface area contributed by atoms with Gasteiger partial charge in [-0.2, -0.15) is 0 Å². The van der Waals surface area contributed by atoms with Gasteiger partial charge in [-0.3, -0.25) is 9.59 Å². The molecule has 92 valence electrons. The molecule has 1 aromatic rings. The van der Waals surface area contributed by atoms with E-state index in [0.717, 1.165) is 18.1 Å². The van der Waals surface area contributed by atoms with E-state index in [9.17, 15) is 9.59 Å². The van der Waals surface area contributed by atoms with Gasteiger partial charge in [0.2, 0.25) is 5.91 Å². The number of amides is 2. The van der Waals surface area contributed by atoms with Gasteiger partial charge >= 0.3 is 0 Å². The van der Waals surface area contributed by atoms with Gasteiger partial charge in [0.05, 0.1) is 6.54 Å². The van der Waals surface area contributed by atoms with Crippen LogP contribution in [0.4, 0.5) is 4.79 Å². The van der Waals surface area contributed by atoms with Gasteiger partial charge in [0.1, 0.15) is 5.82 Å². The molecule has 6 nitrogen and oxygen atoms in total. The van der Waals surface area contributed by atoms with E-state index in [1.165, 1.54) is 11.8 Å². The van der Waals surface area contributed by atoms with E-state index in [-0.39, 0.29) is 11.1 Å². The van der Waals surface area contributed by atoms with E-state index in [1.807, 2.05) is 0 Å². The number of imidazole rings is 1. The summed E-state index contributed by atoms with van der Waals surface area (Å²) >= 11 is 1.31. The molecular formula is C10H14N4O2S. The molecule has 0 radical (unpaired) electrons. The summed E-state index contributed by atoms with van der Waals surface area (Å²) in [5, 5.41) is 2.82. The molecule has 0 aliphatic carbocycles. The van der Waals surface area contributed by atoms with Gasteiger partial charge in [0.15, 0.2) is 0 Å². The first-order chi connectivity index (χ1) is 8.25. The smallest absolute Gasteiger partial charge is 0.281 e. The zero-order chi connectivity index (χ0) is 12.1. The summed E-state index contributed by atoms with van der Waals surface area (Å²) in [4.78, 5) is 31.4. The number of nitrogens with one attached hydrogen (secondary N) is 2. The van der Waals surface area contributed by atoms with Crippen molar-refractivity contribution in [3.63, 3.8) is 0 Å². The topological polar surface area (TPSA) is 78.1 Å². The van der Waals surface area contributed by atoms with Gasteiger partial charge < -0.3 is 15.2 Å². The molecule has 1 fully saturated rings. The summed E-state index contributed by atoms with van der Waals surface area (Å²) in [7, 11) is 0. The standard InChI is InChI=1S/C10H14N4O2S/c15-9(13-7-8-11-2-3-12-8)1-4-14-5-6-17-10(14)16/h2-3H,1,4-7H2,(H,11,12)(H,13,15). The van der Waals surface area contributed by atoms with Crippen molar-refractivity contribution >= 4 is 22.9 Å². The Bertz CT molecular complexity index is 393. The lowest BCUT2D eigenvalue weighted by Gasteiger charge is -2.13. The fraction of sp³-hybridized carbons (Fsp3) is 0.500. The predicted molar refractivity (Wildman–Crippen MR) is 64.5 cm³/mol. The van der Waals surface area contributed by atoms with Crippen LogP contribution in [0.3, 0.4) is 0 Å². The summed E-state index contributed by atoms with van der Waals surface area (Å²) in [6.07, 6.45) is 3.69. The summed E-state index contributed by atoms with van der Waals surface area (Å²) in [5.41, 5.74) is 0. The van der Waals surface area contributed by atoms with E-state index in [0.29, 0.717) is 19.5 Å². The number of rotatable bonds is 5. The highest BCUT2D eigenvalue weighted by atomic mass is 32.2. The molecule has 0 aromatic carbocycles. The van der Waals surface area contributed by atoms with E-state index in [2.05, 4.69) is 15.3 Å². The third kappa shape index (κ3) is 3.48. The first-order valence-corrected chi connectivity index (χ1v) is 6.41. The first-order valence-electron chi connectivity index (χ1n) is 5.42. The number of carbonyl (C=O) groups is 2. The number of aromatic amines is 1. The molecule has 7 heteroatoms. The number of thioether (sulfide) groups is 1. The number of nitrogens with zero attached hydrogens (tertiary/aromatic N) is 2. The highest BCUT2D eigenvalue weighted by Crippen LogP contribution is 2.16. The number of hydrogen-bond donors (Lipinski definition) is 2. The Balaban J connectivity index is 1.65. The zero-order valence-electron chi connectivity index (χ0n) is 9.31. The van der Waals surface area contributed by atoms with E-state index >= 15 is 0 Å². The van der Waals surface area contributed by atoms with Crippen molar-refractivity contribution in [2.24, 2.45) is 0 Å². The van der Waals surface area contributed by atoms with Crippen LogP contribution in [0.1, 0.15) is 12.2 Å². The average molecular weight is 254 g/mol. The Labute approximate surface area is 103 Å². The van der Waals surface area contributed by atoms with Crippen molar-refractivity contribution in [2.45, 2.75) is 13.0 Å². The van der Waals surface area contributed by atoms with Crippen LogP contribution in [0, 0.1) is 0 Å². The molecule has 1 saturated heterocycles. The molecule has 0 atom stereocenters. The van der Waals surface area contributed by atoms with E-state index in [4.69, 9.17) is 0 Å². The largest absolute Gasteiger partial charge is 0.349 e. The third-order valence-electron chi connectivity index (χ3n) is 2.46. The molecule has 0 bridgehead atoms. The van der Waals surface area contributed by atoms with Crippen LogP contribution in [0.5, 0.6) is 0 Å². The second-order valence-corrected chi connectivity index (χ2v) is 4.71. The summed E-state index contributed by atoms with van der Waals surface area (Å²) in [5.74, 6) is 1.49. The van der Waals surface area contributed by atoms with Crippen LogP contribution in [0.25, 0.3) is 0 Å². The van der Waals surface area contributed by atoms with Crippen molar-refractivity contribution in [3.05, 3.63) is 18.2 Å². The van der Waals surface area contributed by atoms with Gasteiger partial charge in [0.25, 0.3) is 5.24 Å². The maximum Gasteiger partial charge on any atom is 0.281 e. The van der Waals surface area contributed by atoms with Gasteiger partial charge in [-0.1, -0.05) is 11.8 Å². The quantitative estimate of drug-likeness (QED) is 0.806. The lowest BCUT2D eigenvalue weighted by Crippen LogP contribution is -2.30. The molecule has 0 unspecified atom stereocenters. The van der Waals surface area contributed by atoms with Crippen LogP contribution in [-0.4, -0.2) is 44.9 Å². The van der Waals surface area contributed by atoms with Gasteiger partial charge in [-0.15, -0.1) is 0 Å². The molecule has 2 rings (SSSR count). The lowest BCUT2D eigenvalue weighted by atomic mass is 10.3. The monoisotopic (exact) mass is 254 g/mol. The van der Waals surface area contributed by atoms with Crippen LogP contribution in [0.15, 0.2) is 12.4 Å². The number of aromatic nitrogens is 2. The van der Waals surface area contributed by atoms with Crippen molar-refractivity contribution in [3.8, 4) is 0 Å². The fourth-order valence-corrected chi connectivity index (χ4v) is 2.38. The van der Waals surface area contributed by atoms with Crippen molar-refractivity contribution in [2.75, 3.05) is 18.8 Å². The maximum absolute atomic E-state index is 11.5. The first kappa shape index (κ1) is 12.0. The van der Waals surface area contributed by atoms with E-state index < -0.39 is 0 Å². The molecule has 0 spiro atoms. The second-order valence-electron chi connectivity index (χ2n) is 3.66. The van der Waals surface area contributed by atoms with Crippen LogP contribution < -0.4 is 5.32 Å². The molecular weight excluding hydrogens is 240 g/mol. The van der Waals surface area contributed by atoms with Crippen LogP contribution >= 0.6 is 11.8 Å². The summed E-state index contributed by atoms with van der Waals surface area (Å²) in [6.45, 7) is 1.64. The molecule has 2 heterocycles. The van der Waals surface area contributed by atoms with Crippen molar-refractivity contribution in [1.82, 2.24) is 20.2 Å². The normalized spacial score (nSPS) is 15.3. The summed E-state index contributed by atoms with van der Waals surface area (Å²) < 4.78 is 0. The number of carbonyl (C=O) groups excluding carboxylic acids is 2. The van der Waals surface area contributed by atoms with Crippen LogP contribution in [-0.2, 0) is 11.3 Å². The Morgan fingerprint density at radius 3 is 3.18 bits per heavy atom. The molecule has 1 aliphatic heterocycles. The SMILES string of the molecule is O=C(CCN1CCSC1=O)NCc1ncc[nH]1. The van der Waals surface area contributed by atoms with Gasteiger partial charge in [0, 0.05) is 37.7 Å². The Hall–Kier alpha value is -1.50. The summed E-state index contributed by atoms with van der Waals surface area (Å²) in [6, 6.07) is 0. The second kappa shape index (κ2) is 5.72. The minimum absolute atomic E-state index is 0.0638. The minimum Gasteiger partial charge on any atom is -0.349 e. The molecule has 2 N–H and O–H groups in total. The predicted octanol–water partition coefficient (Wildman–Crippen LogP) is 0.585. The molecule has 17 heavy (non-hydrogen) atoms. The Kier molecular flexibility index (Phi) is 4.03. The number of H-pyrrole nitrogens is 1. The highest BCUT2D eigenvalue weighted by molar-refractivity contribution is 8.13. The number of hydrogen-bond acceptors (Lipinski definition) is 4. The van der Waals surface area contributed by atoms with Crippen LogP contribution in [0.2, 0.25) is 0 Å². The average Bonchev–Trinajstić information content (AvgIpc) is 2.95. The van der Waals surface area contributed by atoms with Gasteiger partial charge in [-0.25, -0.2) is 4.98 Å². The molecule has 0 saturated carbocycles. The molecule has 1 aliphatic rings. The van der Waals surface area contributed by atoms with Gasteiger partial charge in [-0.05, 0) is 0 Å². The minimum atomic E-state index is -0.0638. The third-order valence-corrected chi connectivity index (χ3v) is 3.35. The molecule has 2 amide bonds. The van der Waals surface area contributed by atoms with Crippen molar-refractivity contribution in [1.29, 1.82) is 0 Å². The van der Waals surface area contributed by atoms with E-state index in [1.54, 1.807) is 17.3 Å².